The molecule has 352 valence electrons. The number of hydrogen-bond donors (Lipinski definition) is 3. The number of fused-ring (bicyclic) bond motifs is 2. The van der Waals surface area contributed by atoms with Gasteiger partial charge in [-0.15, -0.1) is 0 Å². The summed E-state index contributed by atoms with van der Waals surface area (Å²) >= 11 is 0. The molecule has 1 aliphatic rings. The number of methoxy groups -OCH3 is 2. The molecule has 9 rings (SSSR count). The molecule has 16 nitrogen and oxygen atoms in total. The number of aromatic hydroxyl groups is 1. The molecule has 8 aromatic rings. The Labute approximate surface area is 393 Å². The Kier molecular flexibility index (Phi) is 12.2. The number of para-hydroxylation sites is 1. The third-order valence-electron chi connectivity index (χ3n) is 12.2. The first kappa shape index (κ1) is 45.7. The fourth-order valence-corrected chi connectivity index (χ4v) is 8.80. The second-order valence-electron chi connectivity index (χ2n) is 17.0. The first-order valence-electron chi connectivity index (χ1n) is 22.0. The fourth-order valence-electron chi connectivity index (χ4n) is 8.80. The van der Waals surface area contributed by atoms with E-state index in [-0.39, 0.29) is 83.1 Å². The van der Waals surface area contributed by atoms with Crippen molar-refractivity contribution in [2.24, 2.45) is 0 Å². The molecular formula is C51H47F2N9O7. The number of pyridine rings is 2. The summed E-state index contributed by atoms with van der Waals surface area (Å²) in [5.74, 6) is -2.18. The minimum absolute atomic E-state index is 0.0316. The van der Waals surface area contributed by atoms with Crippen LogP contribution in [-0.2, 0) is 4.79 Å². The second kappa shape index (κ2) is 18.3. The molecule has 0 aliphatic carbocycles. The van der Waals surface area contributed by atoms with Crippen LogP contribution >= 0.6 is 0 Å². The van der Waals surface area contributed by atoms with E-state index in [4.69, 9.17) is 14.2 Å². The van der Waals surface area contributed by atoms with Crippen molar-refractivity contribution in [1.82, 2.24) is 39.4 Å². The number of ether oxygens (including phenoxy) is 3. The molecule has 3 aromatic carbocycles. The highest BCUT2D eigenvalue weighted by atomic mass is 19.1. The molecule has 1 aliphatic heterocycles. The second-order valence-corrected chi connectivity index (χ2v) is 17.0. The third kappa shape index (κ3) is 8.27. The summed E-state index contributed by atoms with van der Waals surface area (Å²) in [5.41, 5.74) is 2.15. The van der Waals surface area contributed by atoms with E-state index >= 15 is 8.78 Å². The average Bonchev–Trinajstić information content (AvgIpc) is 4.01. The molecule has 1 amide bonds. The van der Waals surface area contributed by atoms with Crippen LogP contribution in [0.15, 0.2) is 102 Å². The van der Waals surface area contributed by atoms with Gasteiger partial charge in [-0.3, -0.25) is 14.6 Å². The van der Waals surface area contributed by atoms with Crippen LogP contribution in [-0.4, -0.2) is 103 Å². The molecule has 3 N–H and O–H groups in total. The van der Waals surface area contributed by atoms with Gasteiger partial charge in [0.2, 0.25) is 11.5 Å². The van der Waals surface area contributed by atoms with E-state index in [9.17, 15) is 19.5 Å². The van der Waals surface area contributed by atoms with Crippen LogP contribution in [0.25, 0.3) is 50.3 Å². The number of H-pyrrole nitrogens is 2. The number of anilines is 1. The summed E-state index contributed by atoms with van der Waals surface area (Å²) in [5, 5.41) is 11.8. The minimum Gasteiger partial charge on any atom is -0.507 e. The zero-order valence-corrected chi connectivity index (χ0v) is 38.6. The van der Waals surface area contributed by atoms with Crippen molar-refractivity contribution >= 4 is 39.4 Å². The number of benzene rings is 3. The molecule has 0 saturated carbocycles. The van der Waals surface area contributed by atoms with Crippen LogP contribution in [0.1, 0.15) is 54.0 Å². The van der Waals surface area contributed by atoms with E-state index in [2.05, 4.69) is 36.5 Å². The molecule has 0 spiro atoms. The summed E-state index contributed by atoms with van der Waals surface area (Å²) in [4.78, 5) is 70.1. The van der Waals surface area contributed by atoms with Gasteiger partial charge in [0.25, 0.3) is 5.91 Å². The number of amides is 1. The van der Waals surface area contributed by atoms with Crippen LogP contribution in [0.4, 0.5) is 14.6 Å². The Balaban J connectivity index is 0.966. The molecule has 0 radical (unpaired) electrons. The first-order chi connectivity index (χ1) is 33.2. The summed E-state index contributed by atoms with van der Waals surface area (Å²) in [6.45, 7) is 11.7. The van der Waals surface area contributed by atoms with E-state index in [1.807, 2.05) is 51.2 Å². The number of phenolic OH excluding ortho intramolecular Hbond substituents is 1. The van der Waals surface area contributed by atoms with Crippen molar-refractivity contribution in [3.63, 3.8) is 0 Å². The fraction of sp³-hybridized carbons (Fsp3) is 0.235. The summed E-state index contributed by atoms with van der Waals surface area (Å²) in [6.07, 6.45) is 4.91. The maximum absolute atomic E-state index is 16.3. The largest absolute Gasteiger partial charge is 0.507 e. The number of imidazole rings is 1. The molecule has 1 saturated heterocycles. The highest BCUT2D eigenvalue weighted by Gasteiger charge is 2.33. The Bertz CT molecular complexity index is 3400. The van der Waals surface area contributed by atoms with Gasteiger partial charge in [0.05, 0.1) is 42.7 Å². The lowest BCUT2D eigenvalue weighted by atomic mass is 10.0. The monoisotopic (exact) mass is 935 g/mol. The molecule has 5 aromatic heterocycles. The quantitative estimate of drug-likeness (QED) is 0.0745. The van der Waals surface area contributed by atoms with Gasteiger partial charge in [-0.2, -0.15) is 4.98 Å². The molecule has 1 fully saturated rings. The van der Waals surface area contributed by atoms with Crippen molar-refractivity contribution < 1.29 is 37.7 Å². The van der Waals surface area contributed by atoms with E-state index in [1.165, 1.54) is 49.2 Å². The maximum Gasteiger partial charge on any atom is 0.355 e. The van der Waals surface area contributed by atoms with Crippen LogP contribution in [0.2, 0.25) is 0 Å². The van der Waals surface area contributed by atoms with Crippen molar-refractivity contribution in [1.29, 1.82) is 0 Å². The van der Waals surface area contributed by atoms with Gasteiger partial charge >= 0.3 is 5.69 Å². The molecular weight excluding hydrogens is 889 g/mol. The Morgan fingerprint density at radius 1 is 0.957 bits per heavy atom. The number of nitrogens with zero attached hydrogens (tertiary/aromatic N) is 7. The number of ketones is 1. The van der Waals surface area contributed by atoms with Gasteiger partial charge in [0.1, 0.15) is 41.2 Å². The molecule has 18 heteroatoms. The number of phenols is 1. The van der Waals surface area contributed by atoms with Gasteiger partial charge in [-0.25, -0.2) is 28.1 Å². The van der Waals surface area contributed by atoms with Crippen LogP contribution in [0, 0.1) is 18.6 Å². The number of nitrogens with one attached hydrogen (secondary N) is 2. The first-order valence-corrected chi connectivity index (χ1v) is 22.0. The van der Waals surface area contributed by atoms with Crippen molar-refractivity contribution in [3.05, 3.63) is 142 Å². The van der Waals surface area contributed by atoms with E-state index < -0.39 is 52.1 Å². The lowest BCUT2D eigenvalue weighted by Gasteiger charge is -2.41. The number of hydrogen-bond acceptors (Lipinski definition) is 12. The standard InChI is InChI=1S/C51H47F2N9O7/c1-26(2)42-44(27(3)15-16-54-42)62-49-32(21-35(53)43(58-49)41-34(52)12-10-14-38(41)63)48(59-51(62)66)61-18-17-60(24-29(61)5)50(65)28(4)25-69-40-20-30(19-39(67-6)46(40)68-7)45(64)37-23-56-47(57-37)33-22-55-36-13-9-8-11-31(33)36/h8-16,19-23,26,29,55,63H,4,17-18,24-25H2,1-3,5-7H3,(H,56,57)/t29-/m0/s1. The molecule has 69 heavy (non-hydrogen) atoms. The Morgan fingerprint density at radius 2 is 1.74 bits per heavy atom. The van der Waals surface area contributed by atoms with E-state index in [0.717, 1.165) is 28.6 Å². The number of piperazine rings is 1. The normalized spacial score (nSPS) is 13.9. The maximum atomic E-state index is 16.3. The van der Waals surface area contributed by atoms with Gasteiger partial charge in [-0.05, 0) is 67.8 Å². The molecule has 1 atom stereocenters. The molecule has 0 unspecified atom stereocenters. The summed E-state index contributed by atoms with van der Waals surface area (Å²) < 4.78 is 50.2. The van der Waals surface area contributed by atoms with Crippen LogP contribution < -0.4 is 24.8 Å². The summed E-state index contributed by atoms with van der Waals surface area (Å²) in [6, 6.07) is 16.8. The number of aromatic amines is 2. The number of carbonyl (C=O) groups is 2. The number of halogens is 2. The predicted octanol–water partition coefficient (Wildman–Crippen LogP) is 8.05. The van der Waals surface area contributed by atoms with Gasteiger partial charge < -0.3 is 39.1 Å². The van der Waals surface area contributed by atoms with Crippen LogP contribution in [0.5, 0.6) is 23.0 Å². The van der Waals surface area contributed by atoms with E-state index in [1.54, 1.807) is 29.0 Å². The van der Waals surface area contributed by atoms with E-state index in [0.29, 0.717) is 22.8 Å². The number of rotatable bonds is 13. The zero-order valence-electron chi connectivity index (χ0n) is 38.6. The highest BCUT2D eigenvalue weighted by molar-refractivity contribution is 6.09. The Morgan fingerprint density at radius 3 is 2.48 bits per heavy atom. The lowest BCUT2D eigenvalue weighted by Crippen LogP contribution is -2.54. The third-order valence-corrected chi connectivity index (χ3v) is 12.2. The van der Waals surface area contributed by atoms with Gasteiger partial charge in [0, 0.05) is 65.7 Å². The highest BCUT2D eigenvalue weighted by Crippen LogP contribution is 2.40. The average molecular weight is 936 g/mol. The SMILES string of the molecule is C=C(COc1cc(C(=O)c2cnc(-c3c[nH]c4ccccc34)[nH]2)cc(OC)c1OC)C(=O)N1CCN(c2nc(=O)n(-c3c(C)ccnc3C(C)C)c3nc(-c4c(O)cccc4F)c(F)cc23)[C@@H](C)C1. The minimum atomic E-state index is -0.957. The van der Waals surface area contributed by atoms with Crippen molar-refractivity contribution in [2.75, 3.05) is 45.4 Å². The predicted molar refractivity (Wildman–Crippen MR) is 256 cm³/mol. The van der Waals surface area contributed by atoms with Gasteiger partial charge in [-0.1, -0.05) is 44.7 Å². The Hall–Kier alpha value is -8.41. The lowest BCUT2D eigenvalue weighted by molar-refractivity contribution is -0.128. The van der Waals surface area contributed by atoms with Crippen molar-refractivity contribution in [2.45, 2.75) is 39.7 Å². The number of carbonyl (C=O) groups excluding carboxylic acids is 2. The summed E-state index contributed by atoms with van der Waals surface area (Å²) in [7, 11) is 2.86. The van der Waals surface area contributed by atoms with Gasteiger partial charge in [0.15, 0.2) is 23.0 Å². The number of aromatic nitrogens is 7. The van der Waals surface area contributed by atoms with Crippen molar-refractivity contribution in [3.8, 4) is 51.3 Å². The molecule has 0 bridgehead atoms. The number of aryl methyl sites for hydroxylation is 1. The van der Waals surface area contributed by atoms with Crippen LogP contribution in [0.3, 0.4) is 0 Å². The zero-order chi connectivity index (χ0) is 48.8. The smallest absolute Gasteiger partial charge is 0.355 e. The topological polar surface area (TPSA) is 194 Å². The molecule has 6 heterocycles.